The molecular weight excluding hydrogens is 437 g/mol. The van der Waals surface area contributed by atoms with E-state index in [1.165, 1.54) is 17.7 Å². The lowest BCUT2D eigenvalue weighted by Crippen LogP contribution is -2.43. The van der Waals surface area contributed by atoms with E-state index in [0.717, 1.165) is 46.1 Å². The smallest absolute Gasteiger partial charge is 0.225 e. The second kappa shape index (κ2) is 8.94. The lowest BCUT2D eigenvalue weighted by Gasteiger charge is -2.31. The maximum atomic E-state index is 13.8. The van der Waals surface area contributed by atoms with Crippen LogP contribution in [-0.2, 0) is 11.3 Å². The monoisotopic (exact) mass is 463 g/mol. The number of hydrogen-bond acceptors (Lipinski definition) is 5. The highest BCUT2D eigenvalue weighted by Gasteiger charge is 2.28. The number of aryl methyl sites for hydroxylation is 2. The third-order valence-corrected chi connectivity index (χ3v) is 7.29. The molecule has 0 aliphatic carbocycles. The van der Waals surface area contributed by atoms with Crippen molar-refractivity contribution in [2.75, 3.05) is 18.0 Å². The molecule has 0 bridgehead atoms. The average Bonchev–Trinajstić information content (AvgIpc) is 3.39. The Morgan fingerprint density at radius 3 is 2.82 bits per heavy atom. The summed E-state index contributed by atoms with van der Waals surface area (Å²) in [6, 6.07) is 14.6. The van der Waals surface area contributed by atoms with Crippen molar-refractivity contribution in [1.82, 2.24) is 20.1 Å². The highest BCUT2D eigenvalue weighted by Crippen LogP contribution is 2.34. The lowest BCUT2D eigenvalue weighted by molar-refractivity contribution is -0.125. The Morgan fingerprint density at radius 1 is 1.21 bits per heavy atom. The zero-order valence-electron chi connectivity index (χ0n) is 18.7. The number of rotatable bonds is 5. The number of aromatic nitrogens is 3. The van der Waals surface area contributed by atoms with Gasteiger partial charge in [-0.1, -0.05) is 47.2 Å². The number of fused-ring (bicyclic) bond motifs is 1. The van der Waals surface area contributed by atoms with Gasteiger partial charge < -0.3 is 10.2 Å². The van der Waals surface area contributed by atoms with Crippen molar-refractivity contribution in [3.05, 3.63) is 71.2 Å². The van der Waals surface area contributed by atoms with Crippen LogP contribution in [0.1, 0.15) is 29.7 Å². The van der Waals surface area contributed by atoms with E-state index >= 15 is 0 Å². The molecular formula is C25H26FN5OS. The summed E-state index contributed by atoms with van der Waals surface area (Å²) in [5.41, 5.74) is 4.55. The van der Waals surface area contributed by atoms with Gasteiger partial charge in [-0.3, -0.25) is 4.79 Å². The van der Waals surface area contributed by atoms with Crippen LogP contribution < -0.4 is 10.2 Å². The van der Waals surface area contributed by atoms with Crippen molar-refractivity contribution >= 4 is 32.7 Å². The zero-order chi connectivity index (χ0) is 22.9. The molecule has 4 aromatic rings. The zero-order valence-corrected chi connectivity index (χ0v) is 19.5. The van der Waals surface area contributed by atoms with Gasteiger partial charge in [0.2, 0.25) is 5.91 Å². The minimum atomic E-state index is -0.306. The van der Waals surface area contributed by atoms with E-state index in [-0.39, 0.29) is 17.6 Å². The second-order valence-electron chi connectivity index (χ2n) is 8.61. The van der Waals surface area contributed by atoms with Gasteiger partial charge in [-0.25, -0.2) is 9.07 Å². The molecule has 1 aliphatic rings. The molecule has 1 N–H and O–H groups in total. The van der Waals surface area contributed by atoms with E-state index in [1.807, 2.05) is 25.1 Å². The van der Waals surface area contributed by atoms with Gasteiger partial charge in [0.25, 0.3) is 0 Å². The molecule has 1 unspecified atom stereocenters. The fourth-order valence-electron chi connectivity index (χ4n) is 4.25. The molecule has 0 spiro atoms. The van der Waals surface area contributed by atoms with Gasteiger partial charge in [-0.05, 0) is 50.5 Å². The van der Waals surface area contributed by atoms with Crippen LogP contribution in [0.15, 0.2) is 48.5 Å². The fourth-order valence-corrected chi connectivity index (χ4v) is 5.27. The molecule has 33 heavy (non-hydrogen) atoms. The summed E-state index contributed by atoms with van der Waals surface area (Å²) >= 11 is 1.58. The summed E-state index contributed by atoms with van der Waals surface area (Å²) in [5, 5.41) is 8.54. The van der Waals surface area contributed by atoms with Crippen molar-refractivity contribution in [3.63, 3.8) is 0 Å². The quantitative estimate of drug-likeness (QED) is 0.463. The number of nitrogens with one attached hydrogen (secondary N) is 1. The molecule has 2 aromatic heterocycles. The first kappa shape index (κ1) is 21.6. The van der Waals surface area contributed by atoms with Gasteiger partial charge in [-0.15, -0.1) is 0 Å². The normalized spacial score (nSPS) is 16.3. The third-order valence-electron chi connectivity index (χ3n) is 6.08. The van der Waals surface area contributed by atoms with E-state index in [1.54, 1.807) is 22.1 Å². The molecule has 8 heteroatoms. The van der Waals surface area contributed by atoms with Gasteiger partial charge >= 0.3 is 0 Å². The number of piperidine rings is 1. The predicted molar refractivity (Wildman–Crippen MR) is 129 cm³/mol. The number of anilines is 1. The predicted octanol–water partition coefficient (Wildman–Crippen LogP) is 4.77. The Kier molecular flexibility index (Phi) is 5.85. The Balaban J connectivity index is 1.32. The van der Waals surface area contributed by atoms with Crippen LogP contribution in [0.2, 0.25) is 0 Å². The van der Waals surface area contributed by atoms with Crippen molar-refractivity contribution in [2.45, 2.75) is 33.2 Å². The molecule has 0 saturated carbocycles. The molecule has 2 aromatic carbocycles. The van der Waals surface area contributed by atoms with Gasteiger partial charge in [0.1, 0.15) is 5.82 Å². The summed E-state index contributed by atoms with van der Waals surface area (Å²) < 4.78 is 16.4. The summed E-state index contributed by atoms with van der Waals surface area (Å²) in [4.78, 5) is 19.9. The summed E-state index contributed by atoms with van der Waals surface area (Å²) in [6.45, 7) is 6.04. The third kappa shape index (κ3) is 4.48. The minimum Gasteiger partial charge on any atom is -0.352 e. The topological polar surface area (TPSA) is 63.1 Å². The van der Waals surface area contributed by atoms with Crippen LogP contribution >= 0.6 is 11.3 Å². The molecule has 1 fully saturated rings. The van der Waals surface area contributed by atoms with E-state index in [2.05, 4.69) is 34.4 Å². The van der Waals surface area contributed by atoms with Crippen molar-refractivity contribution < 1.29 is 9.18 Å². The Morgan fingerprint density at radius 2 is 2.03 bits per heavy atom. The van der Waals surface area contributed by atoms with Crippen molar-refractivity contribution in [3.8, 4) is 5.69 Å². The van der Waals surface area contributed by atoms with Crippen LogP contribution in [0.4, 0.5) is 9.52 Å². The average molecular weight is 464 g/mol. The lowest BCUT2D eigenvalue weighted by atomic mass is 9.97. The van der Waals surface area contributed by atoms with E-state index < -0.39 is 0 Å². The van der Waals surface area contributed by atoms with Crippen LogP contribution in [0, 0.1) is 25.6 Å². The fraction of sp³-hybridized carbons (Fsp3) is 0.320. The number of nitrogens with zero attached hydrogens (tertiary/aromatic N) is 4. The standard InChI is InChI=1S/C25H26FN5OS/c1-16-8-10-18(11-9-16)14-27-24(32)19-5-4-12-30(15-19)25-28-23-22(33-25)17(2)29-31(23)21-7-3-6-20(26)13-21/h3,6-11,13,19H,4-5,12,14-15H2,1-2H3,(H,27,32). The number of benzene rings is 2. The summed E-state index contributed by atoms with van der Waals surface area (Å²) in [6.07, 6.45) is 1.81. The van der Waals surface area contributed by atoms with Gasteiger partial charge in [0.15, 0.2) is 10.8 Å². The molecule has 1 saturated heterocycles. The maximum absolute atomic E-state index is 13.8. The minimum absolute atomic E-state index is 0.0722. The SMILES string of the molecule is Cc1ccc(CNC(=O)C2CCCN(c3nc4c(s3)c(C)nn4-c3cccc(F)c3)C2)cc1. The number of amides is 1. The molecule has 1 amide bonds. The first-order valence-corrected chi connectivity index (χ1v) is 12.0. The Bertz CT molecular complexity index is 1300. The van der Waals surface area contributed by atoms with E-state index in [9.17, 15) is 9.18 Å². The van der Waals surface area contributed by atoms with E-state index in [0.29, 0.717) is 18.8 Å². The van der Waals surface area contributed by atoms with Gasteiger partial charge in [-0.2, -0.15) is 10.1 Å². The summed E-state index contributed by atoms with van der Waals surface area (Å²) in [7, 11) is 0. The van der Waals surface area contributed by atoms with Gasteiger partial charge in [0, 0.05) is 19.6 Å². The highest BCUT2D eigenvalue weighted by atomic mass is 32.1. The van der Waals surface area contributed by atoms with Crippen LogP contribution in [0.25, 0.3) is 16.0 Å². The molecule has 1 atom stereocenters. The molecule has 1 aliphatic heterocycles. The molecule has 170 valence electrons. The van der Waals surface area contributed by atoms with Gasteiger partial charge in [0.05, 0.1) is 22.0 Å². The largest absolute Gasteiger partial charge is 0.352 e. The molecule has 3 heterocycles. The van der Waals surface area contributed by atoms with Crippen LogP contribution in [0.3, 0.4) is 0 Å². The van der Waals surface area contributed by atoms with Crippen LogP contribution in [0.5, 0.6) is 0 Å². The Hall–Kier alpha value is -3.26. The molecule has 5 rings (SSSR count). The van der Waals surface area contributed by atoms with Crippen molar-refractivity contribution in [2.24, 2.45) is 5.92 Å². The highest BCUT2D eigenvalue weighted by molar-refractivity contribution is 7.22. The number of carbonyl (C=O) groups is 1. The number of carbonyl (C=O) groups excluding carboxylic acids is 1. The number of thiazole rings is 1. The number of halogens is 1. The second-order valence-corrected chi connectivity index (χ2v) is 9.59. The molecule has 6 nitrogen and oxygen atoms in total. The first-order valence-electron chi connectivity index (χ1n) is 11.2. The van der Waals surface area contributed by atoms with E-state index in [4.69, 9.17) is 4.98 Å². The maximum Gasteiger partial charge on any atom is 0.225 e. The van der Waals surface area contributed by atoms with Crippen molar-refractivity contribution in [1.29, 1.82) is 0 Å². The number of hydrogen-bond donors (Lipinski definition) is 1. The first-order chi connectivity index (χ1) is 16.0. The summed E-state index contributed by atoms with van der Waals surface area (Å²) in [5.74, 6) is -0.291. The van der Waals surface area contributed by atoms with Crippen LogP contribution in [-0.4, -0.2) is 33.8 Å². The Labute approximate surface area is 196 Å². The molecule has 0 radical (unpaired) electrons.